The molecule has 0 fully saturated rings. The Hall–Kier alpha value is -2.60. The van der Waals surface area contributed by atoms with Gasteiger partial charge in [-0.3, -0.25) is 4.99 Å². The minimum atomic E-state index is -0.101. The maximum absolute atomic E-state index is 9.40. The number of nitrogens with zero attached hydrogens (tertiary/aromatic N) is 2. The third kappa shape index (κ3) is 6.46. The Bertz CT molecular complexity index is 794. The predicted molar refractivity (Wildman–Crippen MR) is 122 cm³/mol. The summed E-state index contributed by atoms with van der Waals surface area (Å²) in [7, 11) is 1.70. The van der Waals surface area contributed by atoms with Gasteiger partial charge in [0, 0.05) is 18.4 Å². The summed E-state index contributed by atoms with van der Waals surface area (Å²) in [4.78, 5) is 4.73. The fourth-order valence-corrected chi connectivity index (χ4v) is 4.01. The van der Waals surface area contributed by atoms with E-state index in [1.807, 2.05) is 12.1 Å². The molecule has 3 heteroatoms. The predicted octanol–water partition coefficient (Wildman–Crippen LogP) is 6.38. The highest BCUT2D eigenvalue weighted by Gasteiger charge is 2.36. The largest absolute Gasteiger partial charge is 0.497 e. The molecule has 2 rings (SSSR count). The van der Waals surface area contributed by atoms with Gasteiger partial charge in [0.1, 0.15) is 5.75 Å². The van der Waals surface area contributed by atoms with Gasteiger partial charge in [-0.1, -0.05) is 69.2 Å². The number of hydrogen-bond acceptors (Lipinski definition) is 3. The summed E-state index contributed by atoms with van der Waals surface area (Å²) < 4.78 is 5.49. The van der Waals surface area contributed by atoms with E-state index >= 15 is 0 Å². The summed E-state index contributed by atoms with van der Waals surface area (Å²) in [6, 6.07) is 21.2. The molecular formula is C26H34N2O. The van der Waals surface area contributed by atoms with Crippen molar-refractivity contribution in [1.82, 2.24) is 0 Å². The topological polar surface area (TPSA) is 45.4 Å². The molecule has 0 saturated heterocycles. The number of aliphatic imine (C=N–C) groups is 1. The van der Waals surface area contributed by atoms with Crippen LogP contribution < -0.4 is 4.74 Å². The molecule has 0 saturated carbocycles. The minimum absolute atomic E-state index is 0.101. The van der Waals surface area contributed by atoms with Gasteiger partial charge < -0.3 is 4.74 Å². The summed E-state index contributed by atoms with van der Waals surface area (Å²) in [5, 5.41) is 9.40. The quantitative estimate of drug-likeness (QED) is 0.395. The Morgan fingerprint density at radius 3 is 2.66 bits per heavy atom. The first kappa shape index (κ1) is 22.7. The number of hydrogen-bond donors (Lipinski definition) is 0. The van der Waals surface area contributed by atoms with Crippen LogP contribution >= 0.6 is 0 Å². The summed E-state index contributed by atoms with van der Waals surface area (Å²) in [5.74, 6) is 1.11. The number of unbranched alkanes of at least 4 members (excludes halogenated alkanes) is 1. The van der Waals surface area contributed by atoms with Crippen molar-refractivity contribution in [3.05, 3.63) is 65.7 Å². The van der Waals surface area contributed by atoms with Crippen molar-refractivity contribution in [3.63, 3.8) is 0 Å². The summed E-state index contributed by atoms with van der Waals surface area (Å²) in [6.45, 7) is 5.22. The average molecular weight is 391 g/mol. The number of methoxy groups -OCH3 is 1. The highest BCUT2D eigenvalue weighted by atomic mass is 16.5. The Morgan fingerprint density at radius 2 is 1.97 bits per heavy atom. The van der Waals surface area contributed by atoms with Crippen molar-refractivity contribution in [2.45, 2.75) is 57.8 Å². The van der Waals surface area contributed by atoms with Crippen LogP contribution in [0.1, 0.15) is 57.1 Å². The molecular weight excluding hydrogens is 356 g/mol. The SMILES string of the molecule is CCCC[C@@](CC=NCCc1ccccc1)(c1cccc(OC)c1)C(C)CC#N. The molecule has 2 aromatic carbocycles. The average Bonchev–Trinajstić information content (AvgIpc) is 2.76. The Kier molecular flexibility index (Phi) is 9.44. The van der Waals surface area contributed by atoms with Gasteiger partial charge in [0.15, 0.2) is 0 Å². The van der Waals surface area contributed by atoms with Crippen molar-refractivity contribution in [1.29, 1.82) is 5.26 Å². The van der Waals surface area contributed by atoms with Crippen LogP contribution in [-0.2, 0) is 11.8 Å². The second kappa shape index (κ2) is 12.1. The Morgan fingerprint density at radius 1 is 1.17 bits per heavy atom. The van der Waals surface area contributed by atoms with Crippen LogP contribution in [0.25, 0.3) is 0 Å². The van der Waals surface area contributed by atoms with Crippen molar-refractivity contribution in [2.24, 2.45) is 10.9 Å². The fourth-order valence-electron chi connectivity index (χ4n) is 4.01. The lowest BCUT2D eigenvalue weighted by Crippen LogP contribution is -2.34. The molecule has 0 heterocycles. The normalized spacial score (nSPS) is 14.3. The molecule has 2 atom stereocenters. The van der Waals surface area contributed by atoms with E-state index < -0.39 is 0 Å². The minimum Gasteiger partial charge on any atom is -0.497 e. The molecule has 154 valence electrons. The molecule has 1 unspecified atom stereocenters. The van der Waals surface area contributed by atoms with Gasteiger partial charge in [-0.25, -0.2) is 0 Å². The monoisotopic (exact) mass is 390 g/mol. The lowest BCUT2D eigenvalue weighted by molar-refractivity contribution is 0.271. The van der Waals surface area contributed by atoms with Crippen LogP contribution in [0.15, 0.2) is 59.6 Å². The van der Waals surface area contributed by atoms with Crippen molar-refractivity contribution in [3.8, 4) is 11.8 Å². The van der Waals surface area contributed by atoms with E-state index in [1.165, 1.54) is 11.1 Å². The van der Waals surface area contributed by atoms with Crippen LogP contribution in [0.5, 0.6) is 5.75 Å². The van der Waals surface area contributed by atoms with Crippen LogP contribution in [0, 0.1) is 17.2 Å². The van der Waals surface area contributed by atoms with E-state index in [4.69, 9.17) is 9.73 Å². The van der Waals surface area contributed by atoms with Gasteiger partial charge in [0.25, 0.3) is 0 Å². The molecule has 0 aromatic heterocycles. The van der Waals surface area contributed by atoms with Gasteiger partial charge in [-0.2, -0.15) is 5.26 Å². The Labute approximate surface area is 176 Å². The van der Waals surface area contributed by atoms with Gasteiger partial charge in [-0.15, -0.1) is 0 Å². The van der Waals surface area contributed by atoms with E-state index in [-0.39, 0.29) is 11.3 Å². The third-order valence-corrected chi connectivity index (χ3v) is 5.92. The van der Waals surface area contributed by atoms with Gasteiger partial charge in [-0.05, 0) is 54.7 Å². The fraction of sp³-hybridized carbons (Fsp3) is 0.462. The van der Waals surface area contributed by atoms with Gasteiger partial charge >= 0.3 is 0 Å². The number of ether oxygens (including phenoxy) is 1. The zero-order valence-electron chi connectivity index (χ0n) is 18.1. The molecule has 0 N–H and O–H groups in total. The van der Waals surface area contributed by atoms with Crippen molar-refractivity contribution >= 4 is 6.21 Å². The van der Waals surface area contributed by atoms with E-state index in [0.717, 1.165) is 44.4 Å². The maximum atomic E-state index is 9.40. The van der Waals surface area contributed by atoms with E-state index in [9.17, 15) is 5.26 Å². The lowest BCUT2D eigenvalue weighted by Gasteiger charge is -2.39. The molecule has 2 aromatic rings. The molecule has 29 heavy (non-hydrogen) atoms. The van der Waals surface area contributed by atoms with Gasteiger partial charge in [0.05, 0.1) is 13.2 Å². The molecule has 0 spiro atoms. The third-order valence-electron chi connectivity index (χ3n) is 5.92. The molecule has 0 amide bonds. The molecule has 0 bridgehead atoms. The number of rotatable bonds is 12. The summed E-state index contributed by atoms with van der Waals surface area (Å²) in [6.07, 6.45) is 7.74. The second-order valence-electron chi connectivity index (χ2n) is 7.78. The first-order valence-electron chi connectivity index (χ1n) is 10.7. The molecule has 0 aliphatic rings. The molecule has 0 aliphatic heterocycles. The van der Waals surface area contributed by atoms with Crippen LogP contribution in [-0.4, -0.2) is 19.9 Å². The van der Waals surface area contributed by atoms with E-state index in [1.54, 1.807) is 7.11 Å². The second-order valence-corrected chi connectivity index (χ2v) is 7.78. The summed E-state index contributed by atoms with van der Waals surface area (Å²) >= 11 is 0. The highest BCUT2D eigenvalue weighted by molar-refractivity contribution is 5.61. The standard InChI is InChI=1S/C26H34N2O/c1-4-5-16-26(22(2)14-18-27,24-12-9-13-25(21-24)29-3)17-20-28-19-15-23-10-7-6-8-11-23/h6-13,20-22H,4-5,14-17,19H2,1-3H3/t22?,26-/m0/s1. The molecule has 3 nitrogen and oxygen atoms in total. The van der Waals surface area contributed by atoms with Crippen LogP contribution in [0.2, 0.25) is 0 Å². The lowest BCUT2D eigenvalue weighted by atomic mass is 9.65. The zero-order valence-corrected chi connectivity index (χ0v) is 18.1. The molecule has 0 aliphatic carbocycles. The van der Waals surface area contributed by atoms with Crippen LogP contribution in [0.4, 0.5) is 0 Å². The summed E-state index contributed by atoms with van der Waals surface area (Å²) in [5.41, 5.74) is 2.46. The van der Waals surface area contributed by atoms with Gasteiger partial charge in [0.2, 0.25) is 0 Å². The van der Waals surface area contributed by atoms with E-state index in [0.29, 0.717) is 6.42 Å². The first-order valence-corrected chi connectivity index (χ1v) is 10.7. The Balaban J connectivity index is 2.23. The zero-order chi connectivity index (χ0) is 21.0. The first-order chi connectivity index (χ1) is 14.2. The smallest absolute Gasteiger partial charge is 0.119 e. The van der Waals surface area contributed by atoms with Crippen molar-refractivity contribution < 1.29 is 4.74 Å². The number of benzene rings is 2. The molecule has 0 radical (unpaired) electrons. The van der Waals surface area contributed by atoms with Crippen molar-refractivity contribution in [2.75, 3.05) is 13.7 Å². The van der Waals surface area contributed by atoms with E-state index in [2.05, 4.69) is 68.6 Å². The number of nitriles is 1. The highest BCUT2D eigenvalue weighted by Crippen LogP contribution is 2.42. The maximum Gasteiger partial charge on any atom is 0.119 e. The van der Waals surface area contributed by atoms with Crippen LogP contribution in [0.3, 0.4) is 0 Å².